The second-order valence-electron chi connectivity index (χ2n) is 6.42. The zero-order valence-corrected chi connectivity index (χ0v) is 14.1. The highest BCUT2D eigenvalue weighted by atomic mass is 16.7. The van der Waals surface area contributed by atoms with Crippen molar-refractivity contribution < 1.29 is 14.3 Å². The van der Waals surface area contributed by atoms with Crippen LogP contribution in [0, 0.1) is 0 Å². The summed E-state index contributed by atoms with van der Waals surface area (Å²) in [6.07, 6.45) is 3.49. The largest absolute Gasteiger partial charge is 0.454 e. The first kappa shape index (κ1) is 16.1. The molecule has 3 rings (SSSR count). The van der Waals surface area contributed by atoms with Crippen LogP contribution >= 0.6 is 0 Å². The molecule has 2 aliphatic rings. The maximum Gasteiger partial charge on any atom is 0.236 e. The molecule has 2 aliphatic heterocycles. The smallest absolute Gasteiger partial charge is 0.236 e. The van der Waals surface area contributed by atoms with Gasteiger partial charge in [-0.15, -0.1) is 0 Å². The van der Waals surface area contributed by atoms with Crippen LogP contribution in [0.5, 0.6) is 11.5 Å². The Bertz CT molecular complexity index is 561. The molecule has 1 saturated heterocycles. The fourth-order valence-electron chi connectivity index (χ4n) is 3.33. The monoisotopic (exact) mass is 318 g/mol. The number of likely N-dealkylation sites (N-methyl/N-ethyl adjacent to an activating group) is 1. The van der Waals surface area contributed by atoms with Gasteiger partial charge in [-0.3, -0.25) is 9.69 Å². The van der Waals surface area contributed by atoms with E-state index < -0.39 is 0 Å². The molecule has 0 bridgehead atoms. The number of likely N-dealkylation sites (tertiary alicyclic amines) is 1. The molecule has 1 aromatic carbocycles. The average molecular weight is 318 g/mol. The van der Waals surface area contributed by atoms with Crippen LogP contribution in [0.3, 0.4) is 0 Å². The lowest BCUT2D eigenvalue weighted by atomic mass is 10.0. The summed E-state index contributed by atoms with van der Waals surface area (Å²) < 4.78 is 10.8. The molecule has 0 aromatic heterocycles. The summed E-state index contributed by atoms with van der Waals surface area (Å²) in [5, 5.41) is 0. The van der Waals surface area contributed by atoms with Gasteiger partial charge in [0.15, 0.2) is 11.5 Å². The summed E-state index contributed by atoms with van der Waals surface area (Å²) >= 11 is 0. The number of benzene rings is 1. The molecule has 0 radical (unpaired) electrons. The van der Waals surface area contributed by atoms with E-state index in [2.05, 4.69) is 18.7 Å². The molecule has 5 heteroatoms. The van der Waals surface area contributed by atoms with Gasteiger partial charge in [-0.1, -0.05) is 13.0 Å². The van der Waals surface area contributed by atoms with Crippen LogP contribution in [0.4, 0.5) is 0 Å². The van der Waals surface area contributed by atoms with E-state index in [-0.39, 0.29) is 5.91 Å². The van der Waals surface area contributed by atoms with Crippen LogP contribution in [0.1, 0.15) is 38.7 Å². The van der Waals surface area contributed by atoms with Gasteiger partial charge in [-0.05, 0) is 50.4 Å². The lowest BCUT2D eigenvalue weighted by Gasteiger charge is -2.35. The predicted octanol–water partition coefficient (Wildman–Crippen LogP) is 2.64. The summed E-state index contributed by atoms with van der Waals surface area (Å²) in [5.74, 6) is 1.85. The fraction of sp³-hybridized carbons (Fsp3) is 0.611. The van der Waals surface area contributed by atoms with Gasteiger partial charge in [-0.2, -0.15) is 0 Å². The maximum absolute atomic E-state index is 12.6. The summed E-state index contributed by atoms with van der Waals surface area (Å²) in [6.45, 7) is 7.53. The van der Waals surface area contributed by atoms with Gasteiger partial charge in [0, 0.05) is 19.1 Å². The molecule has 126 valence electrons. The van der Waals surface area contributed by atoms with E-state index in [1.54, 1.807) is 0 Å². The van der Waals surface area contributed by atoms with Crippen molar-refractivity contribution >= 4 is 5.91 Å². The van der Waals surface area contributed by atoms with E-state index in [0.29, 0.717) is 19.4 Å². The number of carbonyl (C=O) groups is 1. The number of hydrogen-bond acceptors (Lipinski definition) is 4. The SMILES string of the molecule is CCN(CC(=O)N1CCCCC1C)Cc1ccc2c(c1)OCO2. The van der Waals surface area contributed by atoms with Crippen LogP contribution in [0.2, 0.25) is 0 Å². The molecule has 5 nitrogen and oxygen atoms in total. The third kappa shape index (κ3) is 3.78. The van der Waals surface area contributed by atoms with E-state index in [1.165, 1.54) is 6.42 Å². The van der Waals surface area contributed by atoms with Crippen molar-refractivity contribution in [2.75, 3.05) is 26.4 Å². The topological polar surface area (TPSA) is 42.0 Å². The van der Waals surface area contributed by atoms with Crippen LogP contribution < -0.4 is 9.47 Å². The van der Waals surface area contributed by atoms with Crippen LogP contribution in [-0.2, 0) is 11.3 Å². The molecule has 1 amide bonds. The van der Waals surface area contributed by atoms with Gasteiger partial charge in [0.2, 0.25) is 12.7 Å². The Kier molecular flexibility index (Phi) is 5.06. The lowest BCUT2D eigenvalue weighted by molar-refractivity contribution is -0.135. The maximum atomic E-state index is 12.6. The highest BCUT2D eigenvalue weighted by Gasteiger charge is 2.24. The van der Waals surface area contributed by atoms with E-state index in [0.717, 1.165) is 49.5 Å². The predicted molar refractivity (Wildman–Crippen MR) is 88.5 cm³/mol. The molecule has 0 aliphatic carbocycles. The summed E-state index contributed by atoms with van der Waals surface area (Å²) in [7, 11) is 0. The highest BCUT2D eigenvalue weighted by molar-refractivity contribution is 5.78. The number of ether oxygens (including phenoxy) is 2. The van der Waals surface area contributed by atoms with Crippen molar-refractivity contribution in [3.05, 3.63) is 23.8 Å². The quantitative estimate of drug-likeness (QED) is 0.837. The first-order valence-corrected chi connectivity index (χ1v) is 8.57. The Morgan fingerprint density at radius 1 is 1.30 bits per heavy atom. The number of nitrogens with zero attached hydrogens (tertiary/aromatic N) is 2. The first-order chi connectivity index (χ1) is 11.2. The van der Waals surface area contributed by atoms with Gasteiger partial charge in [0.1, 0.15) is 0 Å². The third-order valence-electron chi connectivity index (χ3n) is 4.77. The Labute approximate surface area is 138 Å². The van der Waals surface area contributed by atoms with Crippen molar-refractivity contribution in [3.63, 3.8) is 0 Å². The van der Waals surface area contributed by atoms with Crippen LogP contribution in [0.25, 0.3) is 0 Å². The van der Waals surface area contributed by atoms with Gasteiger partial charge < -0.3 is 14.4 Å². The number of amides is 1. The number of rotatable bonds is 5. The third-order valence-corrected chi connectivity index (χ3v) is 4.77. The van der Waals surface area contributed by atoms with Crippen molar-refractivity contribution in [2.45, 2.75) is 45.7 Å². The van der Waals surface area contributed by atoms with E-state index in [9.17, 15) is 4.79 Å². The minimum Gasteiger partial charge on any atom is -0.454 e. The van der Waals surface area contributed by atoms with Crippen molar-refractivity contribution in [1.29, 1.82) is 0 Å². The molecule has 1 atom stereocenters. The molecule has 0 saturated carbocycles. The molecule has 2 heterocycles. The standard InChI is InChI=1S/C18H26N2O3/c1-3-19(12-18(21)20-9-5-4-6-14(20)2)11-15-7-8-16-17(10-15)23-13-22-16/h7-8,10,14H,3-6,9,11-13H2,1-2H3. The minimum absolute atomic E-state index is 0.250. The second kappa shape index (κ2) is 7.21. The van der Waals surface area contributed by atoms with E-state index in [4.69, 9.17) is 9.47 Å². The van der Waals surface area contributed by atoms with Crippen LogP contribution in [0.15, 0.2) is 18.2 Å². The lowest BCUT2D eigenvalue weighted by Crippen LogP contribution is -2.46. The Balaban J connectivity index is 1.60. The van der Waals surface area contributed by atoms with E-state index >= 15 is 0 Å². The van der Waals surface area contributed by atoms with Crippen molar-refractivity contribution in [3.8, 4) is 11.5 Å². The number of fused-ring (bicyclic) bond motifs is 1. The molecule has 1 aromatic rings. The normalized spacial score (nSPS) is 20.1. The van der Waals surface area contributed by atoms with Gasteiger partial charge in [-0.25, -0.2) is 0 Å². The minimum atomic E-state index is 0.250. The fourth-order valence-corrected chi connectivity index (χ4v) is 3.33. The van der Waals surface area contributed by atoms with Gasteiger partial charge in [0.05, 0.1) is 6.54 Å². The Morgan fingerprint density at radius 3 is 2.91 bits per heavy atom. The van der Waals surface area contributed by atoms with Crippen LogP contribution in [-0.4, -0.2) is 48.2 Å². The summed E-state index contributed by atoms with van der Waals surface area (Å²) in [4.78, 5) is 16.8. The zero-order valence-electron chi connectivity index (χ0n) is 14.1. The zero-order chi connectivity index (χ0) is 16.2. The first-order valence-electron chi connectivity index (χ1n) is 8.57. The number of piperidine rings is 1. The van der Waals surface area contributed by atoms with Gasteiger partial charge >= 0.3 is 0 Å². The van der Waals surface area contributed by atoms with Gasteiger partial charge in [0.25, 0.3) is 0 Å². The average Bonchev–Trinajstić information content (AvgIpc) is 3.02. The molecule has 0 spiro atoms. The summed E-state index contributed by atoms with van der Waals surface area (Å²) in [6, 6.07) is 6.38. The molecule has 0 N–H and O–H groups in total. The highest BCUT2D eigenvalue weighted by Crippen LogP contribution is 2.32. The number of carbonyl (C=O) groups excluding carboxylic acids is 1. The second-order valence-corrected chi connectivity index (χ2v) is 6.42. The van der Waals surface area contributed by atoms with Crippen molar-refractivity contribution in [1.82, 2.24) is 9.80 Å². The summed E-state index contributed by atoms with van der Waals surface area (Å²) in [5.41, 5.74) is 1.15. The van der Waals surface area contributed by atoms with Crippen molar-refractivity contribution in [2.24, 2.45) is 0 Å². The number of hydrogen-bond donors (Lipinski definition) is 0. The molecule has 23 heavy (non-hydrogen) atoms. The molecule has 1 fully saturated rings. The van der Waals surface area contributed by atoms with E-state index in [1.807, 2.05) is 23.1 Å². The Hall–Kier alpha value is -1.75. The molecular formula is C18H26N2O3. The Morgan fingerprint density at radius 2 is 2.13 bits per heavy atom. The molecular weight excluding hydrogens is 292 g/mol. The molecule has 1 unspecified atom stereocenters.